The van der Waals surface area contributed by atoms with Gasteiger partial charge in [-0.1, -0.05) is 66.7 Å². The summed E-state index contributed by atoms with van der Waals surface area (Å²) in [5, 5.41) is 5.89. The number of carbonyl (C=O) groups excluding carboxylic acids is 1. The highest BCUT2D eigenvalue weighted by atomic mass is 32.1. The van der Waals surface area contributed by atoms with Gasteiger partial charge in [-0.25, -0.2) is 0 Å². The van der Waals surface area contributed by atoms with Gasteiger partial charge in [-0.2, -0.15) is 0 Å². The van der Waals surface area contributed by atoms with Gasteiger partial charge in [-0.3, -0.25) is 10.1 Å². The van der Waals surface area contributed by atoms with E-state index in [2.05, 4.69) is 28.8 Å². The molecule has 150 valence electrons. The van der Waals surface area contributed by atoms with Gasteiger partial charge in [0.15, 0.2) is 5.11 Å². The maximum Gasteiger partial charge on any atom is 0.250 e. The Kier molecular flexibility index (Phi) is 7.52. The minimum atomic E-state index is -0.300. The Morgan fingerprint density at radius 3 is 2.00 bits per heavy atom. The monoisotopic (exact) mass is 414 g/mol. The zero-order valence-corrected chi connectivity index (χ0v) is 17.4. The first-order valence-electron chi connectivity index (χ1n) is 9.40. The number of carbonyl (C=O) groups is 1. The highest BCUT2D eigenvalue weighted by Gasteiger charge is 2.02. The third-order valence-corrected chi connectivity index (χ3v) is 4.42. The third kappa shape index (κ3) is 6.72. The fourth-order valence-corrected chi connectivity index (χ4v) is 2.86. The standard InChI is InChI=1S/C25H22N2O2S/c1-29-23-16-11-21(12-17-23)13-18-24(28)27-25(30)26-22-14-9-20(10-15-22)8-7-19-5-3-2-4-6-19/h2-18H,1H3,(H2,26,27,28,30). The van der Waals surface area contributed by atoms with Gasteiger partial charge >= 0.3 is 0 Å². The van der Waals surface area contributed by atoms with Gasteiger partial charge < -0.3 is 10.1 Å². The van der Waals surface area contributed by atoms with Gasteiger partial charge in [0.1, 0.15) is 5.75 Å². The highest BCUT2D eigenvalue weighted by Crippen LogP contribution is 2.13. The summed E-state index contributed by atoms with van der Waals surface area (Å²) in [5.41, 5.74) is 3.91. The van der Waals surface area contributed by atoms with Crippen molar-refractivity contribution in [1.82, 2.24) is 5.32 Å². The van der Waals surface area contributed by atoms with E-state index in [1.54, 1.807) is 13.2 Å². The Morgan fingerprint density at radius 2 is 1.37 bits per heavy atom. The van der Waals surface area contributed by atoms with Crippen molar-refractivity contribution in [3.8, 4) is 5.75 Å². The molecule has 30 heavy (non-hydrogen) atoms. The molecule has 0 heterocycles. The minimum absolute atomic E-state index is 0.243. The molecule has 3 rings (SSSR count). The van der Waals surface area contributed by atoms with Crippen molar-refractivity contribution in [2.24, 2.45) is 0 Å². The van der Waals surface area contributed by atoms with Crippen molar-refractivity contribution in [2.45, 2.75) is 0 Å². The number of benzene rings is 3. The second-order valence-corrected chi connectivity index (χ2v) is 6.82. The summed E-state index contributed by atoms with van der Waals surface area (Å²) < 4.78 is 5.11. The van der Waals surface area contributed by atoms with Crippen LogP contribution in [0.1, 0.15) is 16.7 Å². The fourth-order valence-electron chi connectivity index (χ4n) is 2.64. The largest absolute Gasteiger partial charge is 0.497 e. The van der Waals surface area contributed by atoms with Crippen LogP contribution in [0.25, 0.3) is 18.2 Å². The molecule has 0 aliphatic rings. The second-order valence-electron chi connectivity index (χ2n) is 6.42. The topological polar surface area (TPSA) is 50.4 Å². The van der Waals surface area contributed by atoms with Crippen LogP contribution in [0, 0.1) is 0 Å². The first-order chi connectivity index (χ1) is 14.6. The molecule has 2 N–H and O–H groups in total. The van der Waals surface area contributed by atoms with Crippen LogP contribution in [0.4, 0.5) is 5.69 Å². The number of hydrogen-bond donors (Lipinski definition) is 2. The van der Waals surface area contributed by atoms with Crippen LogP contribution < -0.4 is 15.4 Å². The van der Waals surface area contributed by atoms with Gasteiger partial charge in [-0.15, -0.1) is 0 Å². The van der Waals surface area contributed by atoms with Crippen molar-refractivity contribution in [2.75, 3.05) is 12.4 Å². The normalized spacial score (nSPS) is 10.8. The number of methoxy groups -OCH3 is 1. The van der Waals surface area contributed by atoms with E-state index >= 15 is 0 Å². The van der Waals surface area contributed by atoms with Gasteiger partial charge in [-0.05, 0) is 59.2 Å². The summed E-state index contributed by atoms with van der Waals surface area (Å²) in [6.45, 7) is 0. The Morgan fingerprint density at radius 1 is 0.800 bits per heavy atom. The predicted octanol–water partition coefficient (Wildman–Crippen LogP) is 5.39. The number of hydrogen-bond acceptors (Lipinski definition) is 3. The van der Waals surface area contributed by atoms with E-state index in [1.807, 2.05) is 72.8 Å². The molecule has 0 saturated heterocycles. The van der Waals surface area contributed by atoms with E-state index in [-0.39, 0.29) is 11.0 Å². The smallest absolute Gasteiger partial charge is 0.250 e. The van der Waals surface area contributed by atoms with E-state index in [9.17, 15) is 4.79 Å². The van der Waals surface area contributed by atoms with Crippen LogP contribution in [0.2, 0.25) is 0 Å². The van der Waals surface area contributed by atoms with Crippen LogP contribution in [0.5, 0.6) is 5.75 Å². The van der Waals surface area contributed by atoms with Crippen LogP contribution >= 0.6 is 12.2 Å². The summed E-state index contributed by atoms with van der Waals surface area (Å²) >= 11 is 5.22. The first kappa shape index (κ1) is 21.0. The zero-order chi connectivity index (χ0) is 21.2. The second kappa shape index (κ2) is 10.7. The molecule has 0 aromatic heterocycles. The summed E-state index contributed by atoms with van der Waals surface area (Å²) in [7, 11) is 1.61. The van der Waals surface area contributed by atoms with E-state index in [0.29, 0.717) is 0 Å². The quantitative estimate of drug-likeness (QED) is 0.322. The molecule has 0 bridgehead atoms. The summed E-state index contributed by atoms with van der Waals surface area (Å²) in [6, 6.07) is 25.3. The number of amides is 1. The lowest BCUT2D eigenvalue weighted by molar-refractivity contribution is -0.115. The van der Waals surface area contributed by atoms with Crippen LogP contribution in [0.15, 0.2) is 84.9 Å². The van der Waals surface area contributed by atoms with E-state index in [0.717, 1.165) is 28.1 Å². The molecule has 0 fully saturated rings. The van der Waals surface area contributed by atoms with Gasteiger partial charge in [0.2, 0.25) is 5.91 Å². The summed E-state index contributed by atoms with van der Waals surface area (Å²) in [6.07, 6.45) is 7.25. The van der Waals surface area contributed by atoms with Crippen molar-refractivity contribution in [3.63, 3.8) is 0 Å². The Balaban J connectivity index is 1.49. The fraction of sp³-hybridized carbons (Fsp3) is 0.0400. The molecule has 0 radical (unpaired) electrons. The van der Waals surface area contributed by atoms with Crippen LogP contribution in [0.3, 0.4) is 0 Å². The minimum Gasteiger partial charge on any atom is -0.497 e. The Bertz CT molecular complexity index is 1040. The van der Waals surface area contributed by atoms with Gasteiger partial charge in [0, 0.05) is 11.8 Å². The summed E-state index contributed by atoms with van der Waals surface area (Å²) in [4.78, 5) is 12.1. The lowest BCUT2D eigenvalue weighted by Gasteiger charge is -2.08. The first-order valence-corrected chi connectivity index (χ1v) is 9.80. The molecule has 3 aromatic rings. The number of ether oxygens (including phenoxy) is 1. The van der Waals surface area contributed by atoms with Crippen molar-refractivity contribution in [3.05, 3.63) is 102 Å². The van der Waals surface area contributed by atoms with Crippen LogP contribution in [-0.4, -0.2) is 18.1 Å². The van der Waals surface area contributed by atoms with Crippen molar-refractivity contribution < 1.29 is 9.53 Å². The molecular weight excluding hydrogens is 392 g/mol. The average Bonchev–Trinajstić information content (AvgIpc) is 2.78. The molecule has 4 nitrogen and oxygen atoms in total. The maximum absolute atomic E-state index is 12.1. The molecule has 0 aliphatic carbocycles. The molecule has 0 unspecified atom stereocenters. The SMILES string of the molecule is COc1ccc(C=CC(=O)NC(=S)Nc2ccc(C=Cc3ccccc3)cc2)cc1. The van der Waals surface area contributed by atoms with Crippen molar-refractivity contribution >= 4 is 47.2 Å². The molecule has 0 atom stereocenters. The van der Waals surface area contributed by atoms with E-state index in [1.165, 1.54) is 6.08 Å². The molecule has 5 heteroatoms. The summed E-state index contributed by atoms with van der Waals surface area (Å²) in [5.74, 6) is 0.467. The van der Waals surface area contributed by atoms with E-state index in [4.69, 9.17) is 17.0 Å². The molecule has 1 amide bonds. The average molecular weight is 415 g/mol. The predicted molar refractivity (Wildman–Crippen MR) is 128 cm³/mol. The van der Waals surface area contributed by atoms with E-state index < -0.39 is 0 Å². The Labute approximate surface area is 181 Å². The number of anilines is 1. The third-order valence-electron chi connectivity index (χ3n) is 4.22. The highest BCUT2D eigenvalue weighted by molar-refractivity contribution is 7.80. The lowest BCUT2D eigenvalue weighted by atomic mass is 10.1. The zero-order valence-electron chi connectivity index (χ0n) is 16.5. The van der Waals surface area contributed by atoms with Crippen molar-refractivity contribution in [1.29, 1.82) is 0 Å². The molecule has 0 aliphatic heterocycles. The number of rotatable bonds is 6. The molecule has 0 saturated carbocycles. The molecular formula is C25H22N2O2S. The number of thiocarbonyl (C=S) groups is 1. The van der Waals surface area contributed by atoms with Crippen LogP contribution in [-0.2, 0) is 4.79 Å². The van der Waals surface area contributed by atoms with Gasteiger partial charge in [0.05, 0.1) is 7.11 Å². The number of nitrogens with one attached hydrogen (secondary N) is 2. The molecule has 0 spiro atoms. The molecule has 3 aromatic carbocycles. The maximum atomic E-state index is 12.1. The Hall–Kier alpha value is -3.70. The lowest BCUT2D eigenvalue weighted by Crippen LogP contribution is -2.32. The van der Waals surface area contributed by atoms with Gasteiger partial charge in [0.25, 0.3) is 0 Å².